The third-order valence-corrected chi connectivity index (χ3v) is 5.09. The Bertz CT molecular complexity index is 501. The Hall–Kier alpha value is -0.870. The van der Waals surface area contributed by atoms with E-state index in [1.54, 1.807) is 0 Å². The quantitative estimate of drug-likeness (QED) is 0.843. The van der Waals surface area contributed by atoms with Crippen molar-refractivity contribution in [2.45, 2.75) is 38.6 Å². The zero-order valence-electron chi connectivity index (χ0n) is 10.9. The molecule has 0 heterocycles. The minimum absolute atomic E-state index is 0.00663. The van der Waals surface area contributed by atoms with Gasteiger partial charge in [-0.05, 0) is 49.9 Å². The standard InChI is InChI=1S/C14H18BrNO2/c1-8-4-9(2)11(5-10(8)7-17)16-13(18)14(3)6-12(14)15/h4-5,12,17H,6-7H2,1-3H3,(H,16,18). The number of amides is 1. The lowest BCUT2D eigenvalue weighted by atomic mass is 10.0. The highest BCUT2D eigenvalue weighted by Crippen LogP contribution is 2.51. The van der Waals surface area contributed by atoms with Gasteiger partial charge >= 0.3 is 0 Å². The molecule has 4 heteroatoms. The summed E-state index contributed by atoms with van der Waals surface area (Å²) in [6, 6.07) is 3.85. The molecule has 1 amide bonds. The molecule has 1 saturated carbocycles. The van der Waals surface area contributed by atoms with E-state index in [-0.39, 0.29) is 22.8 Å². The molecule has 2 atom stereocenters. The van der Waals surface area contributed by atoms with Gasteiger partial charge in [0.25, 0.3) is 0 Å². The molecule has 1 aliphatic rings. The number of aliphatic hydroxyl groups excluding tert-OH is 1. The zero-order valence-corrected chi connectivity index (χ0v) is 12.5. The SMILES string of the molecule is Cc1cc(C)c(NC(=O)C2(C)CC2Br)cc1CO. The molecule has 2 rings (SSSR count). The first-order valence-corrected chi connectivity index (χ1v) is 6.96. The fourth-order valence-corrected chi connectivity index (χ4v) is 2.90. The molecule has 2 N–H and O–H groups in total. The predicted octanol–water partition coefficient (Wildman–Crippen LogP) is 2.91. The van der Waals surface area contributed by atoms with Crippen molar-refractivity contribution in [3.05, 3.63) is 28.8 Å². The van der Waals surface area contributed by atoms with Crippen molar-refractivity contribution >= 4 is 27.5 Å². The second-order valence-electron chi connectivity index (χ2n) is 5.29. The summed E-state index contributed by atoms with van der Waals surface area (Å²) in [5.74, 6) is 0.0419. The van der Waals surface area contributed by atoms with Crippen molar-refractivity contribution in [1.29, 1.82) is 0 Å². The summed E-state index contributed by atoms with van der Waals surface area (Å²) < 4.78 is 0. The Morgan fingerprint density at radius 3 is 2.61 bits per heavy atom. The molecular formula is C14H18BrNO2. The lowest BCUT2D eigenvalue weighted by Gasteiger charge is -2.15. The summed E-state index contributed by atoms with van der Waals surface area (Å²) in [6.45, 7) is 5.87. The molecule has 0 radical (unpaired) electrons. The van der Waals surface area contributed by atoms with Crippen LogP contribution < -0.4 is 5.32 Å². The van der Waals surface area contributed by atoms with Crippen LogP contribution in [0, 0.1) is 19.3 Å². The van der Waals surface area contributed by atoms with Crippen LogP contribution in [0.15, 0.2) is 12.1 Å². The minimum Gasteiger partial charge on any atom is -0.392 e. The number of alkyl halides is 1. The molecule has 3 nitrogen and oxygen atoms in total. The third kappa shape index (κ3) is 2.31. The van der Waals surface area contributed by atoms with Gasteiger partial charge in [0.15, 0.2) is 0 Å². The van der Waals surface area contributed by atoms with Crippen LogP contribution in [-0.4, -0.2) is 15.8 Å². The normalized spacial score (nSPS) is 25.9. The summed E-state index contributed by atoms with van der Waals surface area (Å²) in [4.78, 5) is 12.4. The first-order valence-electron chi connectivity index (χ1n) is 6.05. The van der Waals surface area contributed by atoms with E-state index in [0.29, 0.717) is 0 Å². The van der Waals surface area contributed by atoms with Gasteiger partial charge in [-0.2, -0.15) is 0 Å². The topological polar surface area (TPSA) is 49.3 Å². The van der Waals surface area contributed by atoms with E-state index in [2.05, 4.69) is 21.2 Å². The smallest absolute Gasteiger partial charge is 0.231 e. The summed E-state index contributed by atoms with van der Waals surface area (Å²) in [5, 5.41) is 12.2. The van der Waals surface area contributed by atoms with Crippen LogP contribution in [0.5, 0.6) is 0 Å². The van der Waals surface area contributed by atoms with E-state index in [1.807, 2.05) is 32.9 Å². The van der Waals surface area contributed by atoms with Gasteiger partial charge in [0, 0.05) is 10.5 Å². The summed E-state index contributed by atoms with van der Waals surface area (Å²) in [7, 11) is 0. The summed E-state index contributed by atoms with van der Waals surface area (Å²) in [6.07, 6.45) is 0.872. The fraction of sp³-hybridized carbons (Fsp3) is 0.500. The number of anilines is 1. The average molecular weight is 312 g/mol. The van der Waals surface area contributed by atoms with Gasteiger partial charge < -0.3 is 10.4 Å². The van der Waals surface area contributed by atoms with Crippen LogP contribution in [-0.2, 0) is 11.4 Å². The van der Waals surface area contributed by atoms with Crippen molar-refractivity contribution in [2.75, 3.05) is 5.32 Å². The molecule has 1 aliphatic carbocycles. The second-order valence-corrected chi connectivity index (χ2v) is 6.40. The minimum atomic E-state index is -0.295. The Morgan fingerprint density at radius 1 is 1.50 bits per heavy atom. The number of carbonyl (C=O) groups excluding carboxylic acids is 1. The average Bonchev–Trinajstić information content (AvgIpc) is 2.92. The first kappa shape index (κ1) is 13.6. The molecular weight excluding hydrogens is 294 g/mol. The summed E-state index contributed by atoms with van der Waals surface area (Å²) >= 11 is 3.48. The molecule has 2 unspecified atom stereocenters. The second kappa shape index (κ2) is 4.67. The first-order chi connectivity index (χ1) is 8.38. The van der Waals surface area contributed by atoms with Crippen molar-refractivity contribution < 1.29 is 9.90 Å². The number of halogens is 1. The van der Waals surface area contributed by atoms with Crippen LogP contribution in [0.4, 0.5) is 5.69 Å². The predicted molar refractivity (Wildman–Crippen MR) is 75.9 cm³/mol. The van der Waals surface area contributed by atoms with Gasteiger partial charge in [0.1, 0.15) is 0 Å². The number of aliphatic hydroxyl groups is 1. The number of benzene rings is 1. The van der Waals surface area contributed by atoms with E-state index in [4.69, 9.17) is 0 Å². The van der Waals surface area contributed by atoms with E-state index in [0.717, 1.165) is 28.8 Å². The van der Waals surface area contributed by atoms with Gasteiger partial charge in [-0.1, -0.05) is 22.0 Å². The van der Waals surface area contributed by atoms with Crippen LogP contribution in [0.2, 0.25) is 0 Å². The van der Waals surface area contributed by atoms with E-state index >= 15 is 0 Å². The number of rotatable bonds is 3. The Labute approximate surface area is 116 Å². The van der Waals surface area contributed by atoms with Crippen LogP contribution in [0.1, 0.15) is 30.0 Å². The van der Waals surface area contributed by atoms with Gasteiger partial charge in [-0.25, -0.2) is 0 Å². The largest absolute Gasteiger partial charge is 0.392 e. The molecule has 0 saturated heterocycles. The maximum Gasteiger partial charge on any atom is 0.231 e. The molecule has 18 heavy (non-hydrogen) atoms. The number of hydrogen-bond acceptors (Lipinski definition) is 2. The Balaban J connectivity index is 2.22. The lowest BCUT2D eigenvalue weighted by molar-refractivity contribution is -0.120. The number of carbonyl (C=O) groups is 1. The number of nitrogens with one attached hydrogen (secondary N) is 1. The zero-order chi connectivity index (χ0) is 13.5. The molecule has 0 aliphatic heterocycles. The Morgan fingerprint density at radius 2 is 2.11 bits per heavy atom. The molecule has 1 aromatic carbocycles. The number of aryl methyl sites for hydroxylation is 2. The van der Waals surface area contributed by atoms with Crippen LogP contribution in [0.3, 0.4) is 0 Å². The van der Waals surface area contributed by atoms with E-state index in [9.17, 15) is 9.90 Å². The highest BCUT2D eigenvalue weighted by Gasteiger charge is 2.54. The van der Waals surface area contributed by atoms with Gasteiger partial charge in [-0.3, -0.25) is 4.79 Å². The highest BCUT2D eigenvalue weighted by atomic mass is 79.9. The maximum atomic E-state index is 12.1. The van der Waals surface area contributed by atoms with E-state index < -0.39 is 0 Å². The van der Waals surface area contributed by atoms with Crippen LogP contribution in [0.25, 0.3) is 0 Å². The fourth-order valence-electron chi connectivity index (χ4n) is 2.02. The maximum absolute atomic E-state index is 12.1. The summed E-state index contributed by atoms with van der Waals surface area (Å²) in [5.41, 5.74) is 3.42. The molecule has 98 valence electrons. The lowest BCUT2D eigenvalue weighted by Crippen LogP contribution is -2.24. The molecule has 1 fully saturated rings. The van der Waals surface area contributed by atoms with Crippen molar-refractivity contribution in [1.82, 2.24) is 0 Å². The number of hydrogen-bond donors (Lipinski definition) is 2. The van der Waals surface area contributed by atoms with Crippen molar-refractivity contribution in [2.24, 2.45) is 5.41 Å². The van der Waals surface area contributed by atoms with Crippen molar-refractivity contribution in [3.63, 3.8) is 0 Å². The monoisotopic (exact) mass is 311 g/mol. The van der Waals surface area contributed by atoms with Gasteiger partial charge in [0.05, 0.1) is 12.0 Å². The van der Waals surface area contributed by atoms with Crippen molar-refractivity contribution in [3.8, 4) is 0 Å². The van der Waals surface area contributed by atoms with E-state index in [1.165, 1.54) is 0 Å². The molecule has 0 spiro atoms. The highest BCUT2D eigenvalue weighted by molar-refractivity contribution is 9.09. The molecule has 0 bridgehead atoms. The molecule has 0 aromatic heterocycles. The van der Waals surface area contributed by atoms with Gasteiger partial charge in [0.2, 0.25) is 5.91 Å². The third-order valence-electron chi connectivity index (χ3n) is 3.75. The molecule has 1 aromatic rings. The Kier molecular flexibility index (Phi) is 3.52. The van der Waals surface area contributed by atoms with Crippen LogP contribution >= 0.6 is 15.9 Å². The van der Waals surface area contributed by atoms with Gasteiger partial charge in [-0.15, -0.1) is 0 Å².